The molecule has 0 saturated heterocycles. The van der Waals surface area contributed by atoms with Crippen molar-refractivity contribution in [3.05, 3.63) is 23.7 Å². The number of furan rings is 1. The van der Waals surface area contributed by atoms with Crippen LogP contribution in [0.3, 0.4) is 0 Å². The molecule has 4 heteroatoms. The number of aryl methyl sites for hydroxylation is 1. The monoisotopic (exact) mass is 210 g/mol. The third-order valence-electron chi connectivity index (χ3n) is 2.33. The molecule has 0 bridgehead atoms. The first kappa shape index (κ1) is 11.8. The number of nitrogens with two attached hydrogens (primary N) is 1. The number of hydrogen-bond acceptors (Lipinski definition) is 3. The van der Waals surface area contributed by atoms with Gasteiger partial charge in [0.2, 0.25) is 0 Å². The molecule has 3 N–H and O–H groups in total. The van der Waals surface area contributed by atoms with Gasteiger partial charge in [-0.25, -0.2) is 0 Å². The molecule has 0 radical (unpaired) electrons. The summed E-state index contributed by atoms with van der Waals surface area (Å²) in [7, 11) is 0. The quantitative estimate of drug-likeness (QED) is 0.772. The maximum atomic E-state index is 11.7. The highest BCUT2D eigenvalue weighted by atomic mass is 16.3. The van der Waals surface area contributed by atoms with Crippen LogP contribution in [0.2, 0.25) is 0 Å². The molecule has 0 aliphatic heterocycles. The summed E-state index contributed by atoms with van der Waals surface area (Å²) >= 11 is 0. The van der Waals surface area contributed by atoms with Gasteiger partial charge in [0.15, 0.2) is 5.76 Å². The van der Waals surface area contributed by atoms with Crippen molar-refractivity contribution in [3.63, 3.8) is 0 Å². The molecular weight excluding hydrogens is 192 g/mol. The van der Waals surface area contributed by atoms with Gasteiger partial charge in [-0.15, -0.1) is 0 Å². The SMILES string of the molecule is CCCC(CN)NC(=O)c1occc1C. The van der Waals surface area contributed by atoms with E-state index in [2.05, 4.69) is 12.2 Å². The van der Waals surface area contributed by atoms with Crippen molar-refractivity contribution in [2.45, 2.75) is 32.7 Å². The van der Waals surface area contributed by atoms with Crippen LogP contribution >= 0.6 is 0 Å². The van der Waals surface area contributed by atoms with E-state index in [0.717, 1.165) is 18.4 Å². The number of carbonyl (C=O) groups is 1. The van der Waals surface area contributed by atoms with Crippen LogP contribution in [-0.4, -0.2) is 18.5 Å². The van der Waals surface area contributed by atoms with Crippen LogP contribution in [0.4, 0.5) is 0 Å². The molecule has 1 unspecified atom stereocenters. The first-order chi connectivity index (χ1) is 7.19. The van der Waals surface area contributed by atoms with E-state index in [1.54, 1.807) is 6.07 Å². The Labute approximate surface area is 89.8 Å². The van der Waals surface area contributed by atoms with E-state index < -0.39 is 0 Å². The minimum atomic E-state index is -0.179. The fraction of sp³-hybridized carbons (Fsp3) is 0.545. The van der Waals surface area contributed by atoms with E-state index >= 15 is 0 Å². The molecule has 0 fully saturated rings. The van der Waals surface area contributed by atoms with Crippen LogP contribution in [0.5, 0.6) is 0 Å². The molecule has 1 rings (SSSR count). The molecule has 1 aromatic rings. The lowest BCUT2D eigenvalue weighted by Crippen LogP contribution is -2.40. The Balaban J connectivity index is 2.58. The summed E-state index contributed by atoms with van der Waals surface area (Å²) in [6, 6.07) is 1.80. The van der Waals surface area contributed by atoms with Crippen molar-refractivity contribution in [2.24, 2.45) is 5.73 Å². The average molecular weight is 210 g/mol. The summed E-state index contributed by atoms with van der Waals surface area (Å²) in [6.45, 7) is 4.36. The van der Waals surface area contributed by atoms with Crippen molar-refractivity contribution in [3.8, 4) is 0 Å². The predicted molar refractivity (Wildman–Crippen MR) is 58.7 cm³/mol. The lowest BCUT2D eigenvalue weighted by molar-refractivity contribution is 0.0907. The van der Waals surface area contributed by atoms with Crippen molar-refractivity contribution in [1.82, 2.24) is 5.32 Å². The molecular formula is C11H18N2O2. The van der Waals surface area contributed by atoms with E-state index in [9.17, 15) is 4.79 Å². The Bertz CT molecular complexity index is 320. The standard InChI is InChI=1S/C11H18N2O2/c1-3-4-9(7-12)13-11(14)10-8(2)5-6-15-10/h5-6,9H,3-4,7,12H2,1-2H3,(H,13,14). The van der Waals surface area contributed by atoms with Crippen LogP contribution in [0.1, 0.15) is 35.9 Å². The molecule has 1 amide bonds. The molecule has 0 aromatic carbocycles. The smallest absolute Gasteiger partial charge is 0.287 e. The van der Waals surface area contributed by atoms with Gasteiger partial charge in [0.1, 0.15) is 0 Å². The van der Waals surface area contributed by atoms with Gasteiger partial charge in [0, 0.05) is 18.2 Å². The zero-order chi connectivity index (χ0) is 11.3. The molecule has 4 nitrogen and oxygen atoms in total. The summed E-state index contributed by atoms with van der Waals surface area (Å²) in [5, 5.41) is 2.85. The van der Waals surface area contributed by atoms with E-state index in [0.29, 0.717) is 12.3 Å². The summed E-state index contributed by atoms with van der Waals surface area (Å²) in [4.78, 5) is 11.7. The van der Waals surface area contributed by atoms with Crippen LogP contribution < -0.4 is 11.1 Å². The van der Waals surface area contributed by atoms with Gasteiger partial charge in [-0.1, -0.05) is 13.3 Å². The maximum absolute atomic E-state index is 11.7. The van der Waals surface area contributed by atoms with Gasteiger partial charge in [-0.3, -0.25) is 4.79 Å². The lowest BCUT2D eigenvalue weighted by Gasteiger charge is -2.14. The Hall–Kier alpha value is -1.29. The van der Waals surface area contributed by atoms with Crippen LogP contribution in [0, 0.1) is 6.92 Å². The lowest BCUT2D eigenvalue weighted by atomic mass is 10.1. The molecule has 0 saturated carbocycles. The predicted octanol–water partition coefficient (Wildman–Crippen LogP) is 1.45. The Morgan fingerprint density at radius 3 is 2.87 bits per heavy atom. The molecule has 1 heterocycles. The number of amides is 1. The van der Waals surface area contributed by atoms with Gasteiger partial charge in [0.05, 0.1) is 6.26 Å². The zero-order valence-corrected chi connectivity index (χ0v) is 9.25. The second-order valence-corrected chi connectivity index (χ2v) is 3.63. The summed E-state index contributed by atoms with van der Waals surface area (Å²) in [6.07, 6.45) is 3.41. The van der Waals surface area contributed by atoms with Gasteiger partial charge >= 0.3 is 0 Å². The molecule has 1 aromatic heterocycles. The third kappa shape index (κ3) is 3.09. The zero-order valence-electron chi connectivity index (χ0n) is 9.25. The van der Waals surface area contributed by atoms with Crippen LogP contribution in [-0.2, 0) is 0 Å². The fourth-order valence-electron chi connectivity index (χ4n) is 1.45. The third-order valence-corrected chi connectivity index (χ3v) is 2.33. The van der Waals surface area contributed by atoms with E-state index in [4.69, 9.17) is 10.2 Å². The topological polar surface area (TPSA) is 68.3 Å². The van der Waals surface area contributed by atoms with E-state index in [1.807, 2.05) is 6.92 Å². The van der Waals surface area contributed by atoms with Crippen molar-refractivity contribution in [1.29, 1.82) is 0 Å². The summed E-state index contributed by atoms with van der Waals surface area (Å²) < 4.78 is 5.10. The average Bonchev–Trinajstić information content (AvgIpc) is 2.63. The van der Waals surface area contributed by atoms with Crippen molar-refractivity contribution < 1.29 is 9.21 Å². The summed E-state index contributed by atoms with van der Waals surface area (Å²) in [5.74, 6) is 0.200. The van der Waals surface area contributed by atoms with E-state index in [-0.39, 0.29) is 11.9 Å². The number of rotatable bonds is 5. The molecule has 0 aliphatic rings. The highest BCUT2D eigenvalue weighted by Gasteiger charge is 2.15. The van der Waals surface area contributed by atoms with Gasteiger partial charge in [-0.05, 0) is 19.4 Å². The molecule has 0 spiro atoms. The Morgan fingerprint density at radius 1 is 1.67 bits per heavy atom. The Morgan fingerprint density at radius 2 is 2.40 bits per heavy atom. The Kier molecular flexibility index (Phi) is 4.37. The first-order valence-corrected chi connectivity index (χ1v) is 5.24. The molecule has 1 atom stereocenters. The summed E-state index contributed by atoms with van der Waals surface area (Å²) in [5.41, 5.74) is 6.40. The highest BCUT2D eigenvalue weighted by molar-refractivity contribution is 5.92. The number of hydrogen-bond donors (Lipinski definition) is 2. The van der Waals surface area contributed by atoms with Crippen molar-refractivity contribution >= 4 is 5.91 Å². The first-order valence-electron chi connectivity index (χ1n) is 5.24. The minimum Gasteiger partial charge on any atom is -0.459 e. The maximum Gasteiger partial charge on any atom is 0.287 e. The normalized spacial score (nSPS) is 12.5. The van der Waals surface area contributed by atoms with Gasteiger partial charge in [-0.2, -0.15) is 0 Å². The van der Waals surface area contributed by atoms with Crippen LogP contribution in [0.25, 0.3) is 0 Å². The molecule has 84 valence electrons. The number of carbonyl (C=O) groups excluding carboxylic acids is 1. The van der Waals surface area contributed by atoms with Crippen LogP contribution in [0.15, 0.2) is 16.7 Å². The van der Waals surface area contributed by atoms with Gasteiger partial charge < -0.3 is 15.5 Å². The number of nitrogens with one attached hydrogen (secondary N) is 1. The second kappa shape index (κ2) is 5.56. The molecule has 15 heavy (non-hydrogen) atoms. The molecule has 0 aliphatic carbocycles. The second-order valence-electron chi connectivity index (χ2n) is 3.63. The van der Waals surface area contributed by atoms with Gasteiger partial charge in [0.25, 0.3) is 5.91 Å². The highest BCUT2D eigenvalue weighted by Crippen LogP contribution is 2.09. The fourth-order valence-corrected chi connectivity index (χ4v) is 1.45. The largest absolute Gasteiger partial charge is 0.459 e. The minimum absolute atomic E-state index is 0.0343. The van der Waals surface area contributed by atoms with E-state index in [1.165, 1.54) is 6.26 Å². The van der Waals surface area contributed by atoms with Crippen molar-refractivity contribution in [2.75, 3.05) is 6.54 Å².